The first-order valence-corrected chi connectivity index (χ1v) is 5.87. The first-order valence-electron chi connectivity index (χ1n) is 3.92. The molecule has 0 aliphatic heterocycles. The van der Waals surface area contributed by atoms with Crippen LogP contribution in [-0.4, -0.2) is 11.8 Å². The number of hydrogen-bond donors (Lipinski definition) is 0. The van der Waals surface area contributed by atoms with E-state index >= 15 is 0 Å². The third-order valence-corrected chi connectivity index (χ3v) is 2.90. The van der Waals surface area contributed by atoms with Crippen molar-refractivity contribution in [2.24, 2.45) is 0 Å². The van der Waals surface area contributed by atoms with Gasteiger partial charge in [0.25, 0.3) is 0 Å². The Balaban J connectivity index is 0.000000184. The molecule has 1 aromatic carbocycles. The van der Waals surface area contributed by atoms with E-state index in [4.69, 9.17) is 23.2 Å². The van der Waals surface area contributed by atoms with E-state index in [2.05, 4.69) is 35.7 Å². The molecular weight excluding hydrogens is 223 g/mol. The van der Waals surface area contributed by atoms with Gasteiger partial charge >= 0.3 is 0 Å². The van der Waals surface area contributed by atoms with E-state index in [1.165, 1.54) is 10.1 Å². The quantitative estimate of drug-likeness (QED) is 0.642. The summed E-state index contributed by atoms with van der Waals surface area (Å²) >= 11 is 11.9. The average molecular weight is 233 g/mol. The summed E-state index contributed by atoms with van der Waals surface area (Å²) in [7, 11) is 0. The van der Waals surface area contributed by atoms with Gasteiger partial charge in [-0.2, -0.15) is 0 Å². The van der Waals surface area contributed by atoms with E-state index < -0.39 is 0 Å². The zero-order valence-corrected chi connectivity index (χ0v) is 9.37. The second-order valence-electron chi connectivity index (χ2n) is 2.34. The molecule has 0 unspecified atom stereocenters. The van der Waals surface area contributed by atoms with Gasteiger partial charge in [0.05, 0.1) is 0 Å². The Morgan fingerprint density at radius 1 is 1.00 bits per heavy atom. The Hall–Kier alpha value is -0.240. The van der Waals surface area contributed by atoms with Crippen LogP contribution in [0.3, 0.4) is 0 Å². The fraction of sp³-hybridized carbons (Fsp3) is 0.200. The van der Waals surface area contributed by atoms with Gasteiger partial charge in [0.1, 0.15) is 0 Å². The molecule has 70 valence electrons. The fourth-order valence-corrected chi connectivity index (χ4v) is 1.70. The van der Waals surface area contributed by atoms with Gasteiger partial charge in [-0.05, 0) is 22.9 Å². The van der Waals surface area contributed by atoms with Gasteiger partial charge in [-0.25, -0.2) is 0 Å². The average Bonchev–Trinajstić information content (AvgIpc) is 2.66. The summed E-state index contributed by atoms with van der Waals surface area (Å²) in [5.41, 5.74) is 0. The first-order chi connectivity index (χ1) is 6.38. The van der Waals surface area contributed by atoms with Crippen molar-refractivity contribution in [2.75, 3.05) is 11.8 Å². The maximum atomic E-state index is 5.05. The van der Waals surface area contributed by atoms with Crippen molar-refractivity contribution >= 4 is 44.6 Å². The normalized spacial score (nSPS) is 9.38. The lowest BCUT2D eigenvalue weighted by Crippen LogP contribution is -1.63. The van der Waals surface area contributed by atoms with Crippen LogP contribution in [0.2, 0.25) is 0 Å². The number of benzene rings is 1. The summed E-state index contributed by atoms with van der Waals surface area (Å²) in [5.74, 6) is 1.11. The maximum Gasteiger partial charge on any atom is 0.0359 e. The molecule has 2 aromatic rings. The number of rotatable bonds is 1. The predicted octanol–water partition coefficient (Wildman–Crippen LogP) is 4.37. The smallest absolute Gasteiger partial charge is 0.0359 e. The van der Waals surface area contributed by atoms with Crippen molar-refractivity contribution in [1.29, 1.82) is 0 Å². The lowest BCUT2D eigenvalue weighted by Gasteiger charge is -1.82. The van der Waals surface area contributed by atoms with Gasteiger partial charge in [-0.1, -0.05) is 18.2 Å². The van der Waals surface area contributed by atoms with Gasteiger partial charge in [-0.3, -0.25) is 0 Å². The molecule has 0 bridgehead atoms. The first kappa shape index (κ1) is 10.8. The highest BCUT2D eigenvalue weighted by molar-refractivity contribution is 7.17. The molecule has 0 aliphatic carbocycles. The highest BCUT2D eigenvalue weighted by Gasteiger charge is 1.87. The molecule has 2 rings (SSSR count). The monoisotopic (exact) mass is 232 g/mol. The molecule has 0 saturated carbocycles. The molecule has 0 radical (unpaired) electrons. The molecule has 1 aromatic heterocycles. The molecule has 0 saturated heterocycles. The van der Waals surface area contributed by atoms with Crippen LogP contribution in [0.15, 0.2) is 35.7 Å². The second kappa shape index (κ2) is 6.25. The Bertz CT molecular complexity index is 311. The third kappa shape index (κ3) is 3.55. The Morgan fingerprint density at radius 3 is 2.31 bits per heavy atom. The van der Waals surface area contributed by atoms with E-state index in [0.717, 1.165) is 0 Å². The van der Waals surface area contributed by atoms with Crippen molar-refractivity contribution < 1.29 is 0 Å². The third-order valence-electron chi connectivity index (χ3n) is 1.43. The number of hydrogen-bond acceptors (Lipinski definition) is 1. The summed E-state index contributed by atoms with van der Waals surface area (Å²) in [6.45, 7) is 0. The molecule has 0 aliphatic rings. The molecule has 0 atom stereocenters. The minimum atomic E-state index is 0.557. The van der Waals surface area contributed by atoms with Crippen LogP contribution in [0.5, 0.6) is 0 Å². The molecule has 0 fully saturated rings. The Kier molecular flexibility index (Phi) is 5.21. The number of alkyl halides is 2. The van der Waals surface area contributed by atoms with Crippen LogP contribution in [0.25, 0.3) is 10.1 Å². The van der Waals surface area contributed by atoms with E-state index in [-0.39, 0.29) is 0 Å². The van der Waals surface area contributed by atoms with Gasteiger partial charge in [-0.15, -0.1) is 34.5 Å². The summed E-state index contributed by atoms with van der Waals surface area (Å²) in [6, 6.07) is 10.5. The number of fused-ring (bicyclic) bond motifs is 1. The summed E-state index contributed by atoms with van der Waals surface area (Å²) in [5, 5.41) is 3.47. The van der Waals surface area contributed by atoms with Crippen molar-refractivity contribution in [3.63, 3.8) is 0 Å². The fourth-order valence-electron chi connectivity index (χ4n) is 0.906. The lowest BCUT2D eigenvalue weighted by molar-refractivity contribution is 1.52. The molecule has 0 amide bonds. The number of thiophene rings is 1. The van der Waals surface area contributed by atoms with Crippen LogP contribution in [0.1, 0.15) is 0 Å². The van der Waals surface area contributed by atoms with Crippen LogP contribution in [-0.2, 0) is 0 Å². The van der Waals surface area contributed by atoms with Gasteiger partial charge in [0.2, 0.25) is 0 Å². The SMILES string of the molecule is ClCCCl.c1ccc2sccc2c1. The summed E-state index contributed by atoms with van der Waals surface area (Å²) in [6.07, 6.45) is 0. The van der Waals surface area contributed by atoms with E-state index in [1.807, 2.05) is 0 Å². The van der Waals surface area contributed by atoms with Gasteiger partial charge < -0.3 is 0 Å². The van der Waals surface area contributed by atoms with Crippen molar-refractivity contribution in [3.05, 3.63) is 35.7 Å². The standard InChI is InChI=1S/C8H6S.C2H4Cl2/c1-2-4-8-7(3-1)5-6-9-8;3-1-2-4/h1-6H;1-2H2. The van der Waals surface area contributed by atoms with Crippen LogP contribution >= 0.6 is 34.5 Å². The van der Waals surface area contributed by atoms with Crippen LogP contribution in [0.4, 0.5) is 0 Å². The van der Waals surface area contributed by atoms with Crippen molar-refractivity contribution in [1.82, 2.24) is 0 Å². The number of halogens is 2. The lowest BCUT2D eigenvalue weighted by atomic mass is 10.3. The molecule has 0 N–H and O–H groups in total. The molecule has 0 nitrogen and oxygen atoms in total. The second-order valence-corrected chi connectivity index (χ2v) is 4.04. The summed E-state index contributed by atoms with van der Waals surface area (Å²) in [4.78, 5) is 0. The molecular formula is C10H10Cl2S. The van der Waals surface area contributed by atoms with E-state index in [0.29, 0.717) is 11.8 Å². The van der Waals surface area contributed by atoms with Gasteiger partial charge in [0, 0.05) is 16.5 Å². The highest BCUT2D eigenvalue weighted by Crippen LogP contribution is 2.18. The largest absolute Gasteiger partial charge is 0.144 e. The van der Waals surface area contributed by atoms with Gasteiger partial charge in [0.15, 0.2) is 0 Å². The predicted molar refractivity (Wildman–Crippen MR) is 63.3 cm³/mol. The van der Waals surface area contributed by atoms with E-state index in [9.17, 15) is 0 Å². The molecule has 1 heterocycles. The Labute approximate surface area is 92.1 Å². The molecule has 0 spiro atoms. The van der Waals surface area contributed by atoms with E-state index in [1.54, 1.807) is 11.3 Å². The summed E-state index contributed by atoms with van der Waals surface area (Å²) < 4.78 is 1.37. The topological polar surface area (TPSA) is 0 Å². The Morgan fingerprint density at radius 2 is 1.69 bits per heavy atom. The highest BCUT2D eigenvalue weighted by atomic mass is 35.5. The molecule has 13 heavy (non-hydrogen) atoms. The van der Waals surface area contributed by atoms with Crippen molar-refractivity contribution in [3.8, 4) is 0 Å². The van der Waals surface area contributed by atoms with Crippen molar-refractivity contribution in [2.45, 2.75) is 0 Å². The van der Waals surface area contributed by atoms with Crippen LogP contribution < -0.4 is 0 Å². The molecule has 3 heteroatoms. The maximum absolute atomic E-state index is 5.05. The zero-order valence-electron chi connectivity index (χ0n) is 7.04. The minimum absolute atomic E-state index is 0.557. The minimum Gasteiger partial charge on any atom is -0.144 e. The van der Waals surface area contributed by atoms with Crippen LogP contribution in [0, 0.1) is 0 Å². The zero-order chi connectivity index (χ0) is 9.52.